The molecule has 0 aliphatic heterocycles. The Kier molecular flexibility index (Phi) is 3.75. The normalized spacial score (nSPS) is 17.5. The highest BCUT2D eigenvalue weighted by molar-refractivity contribution is 5.77. The third-order valence-corrected chi connectivity index (χ3v) is 2.19. The molecule has 0 heterocycles. The molecule has 1 fully saturated rings. The van der Waals surface area contributed by atoms with E-state index in [1.54, 1.807) is 0 Å². The molecule has 0 radical (unpaired) electrons. The number of rotatable bonds is 5. The van der Waals surface area contributed by atoms with E-state index >= 15 is 0 Å². The summed E-state index contributed by atoms with van der Waals surface area (Å²) in [7, 11) is 0. The number of hydrogen-bond donors (Lipinski definition) is 1. The van der Waals surface area contributed by atoms with E-state index in [9.17, 15) is 4.79 Å². The van der Waals surface area contributed by atoms with Gasteiger partial charge in [0.1, 0.15) is 0 Å². The maximum absolute atomic E-state index is 11.3. The van der Waals surface area contributed by atoms with E-state index in [0.29, 0.717) is 12.5 Å². The molecule has 0 unspecified atom stereocenters. The van der Waals surface area contributed by atoms with E-state index in [1.807, 2.05) is 6.92 Å². The van der Waals surface area contributed by atoms with Crippen LogP contribution in [0.25, 0.3) is 0 Å². The van der Waals surface area contributed by atoms with Gasteiger partial charge in [0.15, 0.2) is 0 Å². The molecule has 1 rings (SSSR count). The highest BCUT2D eigenvalue weighted by Crippen LogP contribution is 2.19. The van der Waals surface area contributed by atoms with Gasteiger partial charge in [-0.1, -0.05) is 13.3 Å². The van der Waals surface area contributed by atoms with Crippen LogP contribution in [-0.4, -0.2) is 11.9 Å². The molecule has 1 aliphatic carbocycles. The molecule has 0 aromatic heterocycles. The Morgan fingerprint density at radius 3 is 2.85 bits per heavy atom. The van der Waals surface area contributed by atoms with Gasteiger partial charge in [-0.25, -0.2) is 0 Å². The minimum atomic E-state index is -0.0938. The van der Waals surface area contributed by atoms with Crippen LogP contribution < -0.4 is 5.32 Å². The van der Waals surface area contributed by atoms with Crippen LogP contribution in [0.15, 0.2) is 0 Å². The number of carbonyl (C=O) groups excluding carboxylic acids is 1. The molecule has 0 aromatic carbocycles. The Balaban J connectivity index is 2.19. The summed E-state index contributed by atoms with van der Waals surface area (Å²) in [5.74, 6) is -0.0498. The van der Waals surface area contributed by atoms with Crippen LogP contribution in [0.2, 0.25) is 0 Å². The third-order valence-electron chi connectivity index (χ3n) is 2.19. The second kappa shape index (κ2) is 4.86. The number of hydrogen-bond acceptors (Lipinski definition) is 2. The number of nitrogens with one attached hydrogen (secondary N) is 1. The summed E-state index contributed by atoms with van der Waals surface area (Å²) in [5, 5.41) is 11.6. The molecule has 1 amide bonds. The zero-order chi connectivity index (χ0) is 9.68. The van der Waals surface area contributed by atoms with Crippen molar-refractivity contribution in [2.24, 2.45) is 5.92 Å². The maximum atomic E-state index is 11.3. The molecule has 3 nitrogen and oxygen atoms in total. The van der Waals surface area contributed by atoms with Crippen LogP contribution in [0.4, 0.5) is 0 Å². The summed E-state index contributed by atoms with van der Waals surface area (Å²) in [6.45, 7) is 2.03. The van der Waals surface area contributed by atoms with E-state index in [4.69, 9.17) is 5.26 Å². The SMILES string of the molecule is CCC[C@H](C#N)CC(=O)NC1CC1. The number of amides is 1. The fourth-order valence-corrected chi connectivity index (χ4v) is 1.30. The third kappa shape index (κ3) is 3.93. The highest BCUT2D eigenvalue weighted by atomic mass is 16.1. The lowest BCUT2D eigenvalue weighted by atomic mass is 10.0. The molecule has 1 N–H and O–H groups in total. The van der Waals surface area contributed by atoms with Crippen molar-refractivity contribution in [3.63, 3.8) is 0 Å². The molecule has 1 saturated carbocycles. The quantitative estimate of drug-likeness (QED) is 0.698. The minimum absolute atomic E-state index is 0.0440. The van der Waals surface area contributed by atoms with E-state index in [1.165, 1.54) is 0 Å². The first-order chi connectivity index (χ1) is 6.26. The Morgan fingerprint density at radius 2 is 2.38 bits per heavy atom. The van der Waals surface area contributed by atoms with Gasteiger partial charge in [-0.2, -0.15) is 5.26 Å². The van der Waals surface area contributed by atoms with E-state index in [-0.39, 0.29) is 11.8 Å². The van der Waals surface area contributed by atoms with Gasteiger partial charge in [-0.05, 0) is 19.3 Å². The van der Waals surface area contributed by atoms with Crippen LogP contribution >= 0.6 is 0 Å². The van der Waals surface area contributed by atoms with Crippen LogP contribution in [0, 0.1) is 17.2 Å². The smallest absolute Gasteiger partial charge is 0.221 e. The number of nitrogens with zero attached hydrogens (tertiary/aromatic N) is 1. The predicted molar refractivity (Wildman–Crippen MR) is 49.8 cm³/mol. The summed E-state index contributed by atoms with van der Waals surface area (Å²) >= 11 is 0. The van der Waals surface area contributed by atoms with Gasteiger partial charge >= 0.3 is 0 Å². The second-order valence-corrected chi connectivity index (χ2v) is 3.66. The Hall–Kier alpha value is -1.04. The molecular formula is C10H16N2O. The summed E-state index contributed by atoms with van der Waals surface area (Å²) in [6, 6.07) is 2.58. The lowest BCUT2D eigenvalue weighted by Gasteiger charge is -2.07. The van der Waals surface area contributed by atoms with Gasteiger partial charge in [0.05, 0.1) is 12.0 Å². The minimum Gasteiger partial charge on any atom is -0.353 e. The van der Waals surface area contributed by atoms with Crippen LogP contribution in [0.3, 0.4) is 0 Å². The molecule has 0 aromatic rings. The maximum Gasteiger partial charge on any atom is 0.221 e. The van der Waals surface area contributed by atoms with Crippen molar-refractivity contribution in [2.45, 2.75) is 45.1 Å². The van der Waals surface area contributed by atoms with Gasteiger partial charge in [-0.15, -0.1) is 0 Å². The van der Waals surface area contributed by atoms with Gasteiger partial charge in [-0.3, -0.25) is 4.79 Å². The van der Waals surface area contributed by atoms with Crippen molar-refractivity contribution in [3.8, 4) is 6.07 Å². The van der Waals surface area contributed by atoms with Crippen LogP contribution in [0.1, 0.15) is 39.0 Å². The molecule has 1 atom stereocenters. The highest BCUT2D eigenvalue weighted by Gasteiger charge is 2.24. The molecule has 0 saturated heterocycles. The Bertz CT molecular complexity index is 215. The number of carbonyl (C=O) groups is 1. The first-order valence-electron chi connectivity index (χ1n) is 4.95. The fourth-order valence-electron chi connectivity index (χ4n) is 1.30. The molecule has 0 spiro atoms. The first-order valence-corrected chi connectivity index (χ1v) is 4.95. The lowest BCUT2D eigenvalue weighted by molar-refractivity contribution is -0.121. The van der Waals surface area contributed by atoms with E-state index in [0.717, 1.165) is 25.7 Å². The lowest BCUT2D eigenvalue weighted by Crippen LogP contribution is -2.27. The van der Waals surface area contributed by atoms with Gasteiger partial charge in [0.25, 0.3) is 0 Å². The van der Waals surface area contributed by atoms with Gasteiger partial charge in [0, 0.05) is 12.5 Å². The zero-order valence-corrected chi connectivity index (χ0v) is 8.05. The Labute approximate surface area is 79.1 Å². The fraction of sp³-hybridized carbons (Fsp3) is 0.800. The molecule has 13 heavy (non-hydrogen) atoms. The van der Waals surface area contributed by atoms with Gasteiger partial charge < -0.3 is 5.32 Å². The topological polar surface area (TPSA) is 52.9 Å². The van der Waals surface area contributed by atoms with Crippen molar-refractivity contribution >= 4 is 5.91 Å². The van der Waals surface area contributed by atoms with Crippen molar-refractivity contribution in [3.05, 3.63) is 0 Å². The number of nitriles is 1. The van der Waals surface area contributed by atoms with Gasteiger partial charge in [0.2, 0.25) is 5.91 Å². The second-order valence-electron chi connectivity index (χ2n) is 3.66. The summed E-state index contributed by atoms with van der Waals surface area (Å²) < 4.78 is 0. The average Bonchev–Trinajstić information content (AvgIpc) is 2.87. The van der Waals surface area contributed by atoms with Crippen molar-refractivity contribution in [1.82, 2.24) is 5.32 Å². The average molecular weight is 180 g/mol. The molecular weight excluding hydrogens is 164 g/mol. The van der Waals surface area contributed by atoms with Crippen molar-refractivity contribution < 1.29 is 4.79 Å². The van der Waals surface area contributed by atoms with Crippen LogP contribution in [0.5, 0.6) is 0 Å². The Morgan fingerprint density at radius 1 is 1.69 bits per heavy atom. The molecule has 3 heteroatoms. The summed E-state index contributed by atoms with van der Waals surface area (Å²) in [6.07, 6.45) is 4.39. The van der Waals surface area contributed by atoms with E-state index in [2.05, 4.69) is 11.4 Å². The first kappa shape index (κ1) is 10.0. The molecule has 0 bridgehead atoms. The summed E-state index contributed by atoms with van der Waals surface area (Å²) in [4.78, 5) is 11.3. The standard InChI is InChI=1S/C10H16N2O/c1-2-3-8(7-11)6-10(13)12-9-4-5-9/h8-9H,2-6H2,1H3,(H,12,13)/t8-/m0/s1. The van der Waals surface area contributed by atoms with Crippen molar-refractivity contribution in [1.29, 1.82) is 5.26 Å². The van der Waals surface area contributed by atoms with E-state index < -0.39 is 0 Å². The molecule has 1 aliphatic rings. The summed E-state index contributed by atoms with van der Waals surface area (Å²) in [5.41, 5.74) is 0. The van der Waals surface area contributed by atoms with Crippen LogP contribution in [-0.2, 0) is 4.79 Å². The molecule has 72 valence electrons. The zero-order valence-electron chi connectivity index (χ0n) is 8.05. The monoisotopic (exact) mass is 180 g/mol. The van der Waals surface area contributed by atoms with Crippen molar-refractivity contribution in [2.75, 3.05) is 0 Å². The predicted octanol–water partition coefficient (Wildman–Crippen LogP) is 1.59. The largest absolute Gasteiger partial charge is 0.353 e.